The second kappa shape index (κ2) is 7.59. The molecule has 2 rings (SSSR count). The summed E-state index contributed by atoms with van der Waals surface area (Å²) in [6.45, 7) is 5.60. The molecule has 0 spiro atoms. The Bertz CT molecular complexity index is 709. The number of aliphatic hydroxyl groups is 1. The number of amides is 2. The van der Waals surface area contributed by atoms with Crippen LogP contribution in [0.25, 0.3) is 0 Å². The standard InChI is InChI=1S/C18H22N2O3S/c1-12(2)18(3,23)11-19-17(22)14-6-4-5-7-15(14)20-16(21)13-8-9-24-10-13/h4-10,12,23H,11H2,1-3H3,(H,19,22)(H,20,21). The first-order valence-corrected chi connectivity index (χ1v) is 8.68. The summed E-state index contributed by atoms with van der Waals surface area (Å²) in [5.41, 5.74) is 0.360. The molecule has 0 radical (unpaired) electrons. The number of hydrogen-bond donors (Lipinski definition) is 3. The molecule has 2 amide bonds. The van der Waals surface area contributed by atoms with Crippen LogP contribution in [0.5, 0.6) is 0 Å². The monoisotopic (exact) mass is 346 g/mol. The van der Waals surface area contributed by atoms with E-state index in [1.807, 2.05) is 19.2 Å². The molecular weight excluding hydrogens is 324 g/mol. The number of hydrogen-bond acceptors (Lipinski definition) is 4. The van der Waals surface area contributed by atoms with Gasteiger partial charge in [-0.15, -0.1) is 0 Å². The fourth-order valence-electron chi connectivity index (χ4n) is 1.94. The van der Waals surface area contributed by atoms with Gasteiger partial charge in [0.25, 0.3) is 11.8 Å². The summed E-state index contributed by atoms with van der Waals surface area (Å²) in [4.78, 5) is 24.6. The molecule has 2 aromatic rings. The first kappa shape index (κ1) is 18.2. The van der Waals surface area contributed by atoms with Crippen molar-refractivity contribution in [3.63, 3.8) is 0 Å². The lowest BCUT2D eigenvalue weighted by Crippen LogP contribution is -2.44. The first-order valence-electron chi connectivity index (χ1n) is 7.74. The molecule has 3 N–H and O–H groups in total. The summed E-state index contributed by atoms with van der Waals surface area (Å²) in [5.74, 6) is -0.589. The Kier molecular flexibility index (Phi) is 5.75. The van der Waals surface area contributed by atoms with Crippen LogP contribution in [0.3, 0.4) is 0 Å². The van der Waals surface area contributed by atoms with Gasteiger partial charge in [-0.05, 0) is 36.4 Å². The topological polar surface area (TPSA) is 78.4 Å². The average molecular weight is 346 g/mol. The fourth-order valence-corrected chi connectivity index (χ4v) is 2.57. The van der Waals surface area contributed by atoms with Crippen molar-refractivity contribution in [3.05, 3.63) is 52.2 Å². The molecule has 0 aliphatic carbocycles. The molecule has 0 fully saturated rings. The molecule has 24 heavy (non-hydrogen) atoms. The van der Waals surface area contributed by atoms with Gasteiger partial charge >= 0.3 is 0 Å². The molecule has 1 heterocycles. The number of rotatable bonds is 6. The largest absolute Gasteiger partial charge is 0.388 e. The predicted molar refractivity (Wildman–Crippen MR) is 96.5 cm³/mol. The first-order chi connectivity index (χ1) is 11.3. The maximum atomic E-state index is 12.4. The minimum Gasteiger partial charge on any atom is -0.388 e. The van der Waals surface area contributed by atoms with Crippen LogP contribution >= 0.6 is 11.3 Å². The molecule has 5 nitrogen and oxygen atoms in total. The van der Waals surface area contributed by atoms with Crippen LogP contribution in [0.15, 0.2) is 41.1 Å². The SMILES string of the molecule is CC(C)C(C)(O)CNC(=O)c1ccccc1NC(=O)c1ccsc1. The smallest absolute Gasteiger partial charge is 0.256 e. The van der Waals surface area contributed by atoms with E-state index < -0.39 is 5.60 Å². The van der Waals surface area contributed by atoms with Gasteiger partial charge in [0, 0.05) is 11.9 Å². The van der Waals surface area contributed by atoms with Crippen LogP contribution in [0.4, 0.5) is 5.69 Å². The summed E-state index contributed by atoms with van der Waals surface area (Å²) in [5, 5.41) is 19.3. The number of para-hydroxylation sites is 1. The summed E-state index contributed by atoms with van der Waals surface area (Å²) < 4.78 is 0. The van der Waals surface area contributed by atoms with Gasteiger partial charge < -0.3 is 15.7 Å². The minimum atomic E-state index is -0.996. The van der Waals surface area contributed by atoms with E-state index in [1.165, 1.54) is 11.3 Å². The van der Waals surface area contributed by atoms with Crippen LogP contribution in [-0.2, 0) is 0 Å². The van der Waals surface area contributed by atoms with Crippen LogP contribution in [0, 0.1) is 5.92 Å². The second-order valence-electron chi connectivity index (χ2n) is 6.21. The van der Waals surface area contributed by atoms with Gasteiger partial charge in [-0.2, -0.15) is 11.3 Å². The Labute approximate surface area is 145 Å². The number of anilines is 1. The Balaban J connectivity index is 2.10. The number of thiophene rings is 1. The van der Waals surface area contributed by atoms with E-state index in [0.29, 0.717) is 16.8 Å². The van der Waals surface area contributed by atoms with Crippen LogP contribution in [0.2, 0.25) is 0 Å². The van der Waals surface area contributed by atoms with Crippen molar-refractivity contribution in [2.24, 2.45) is 5.92 Å². The van der Waals surface area contributed by atoms with E-state index in [9.17, 15) is 14.7 Å². The Morgan fingerprint density at radius 2 is 1.92 bits per heavy atom. The third kappa shape index (κ3) is 4.43. The van der Waals surface area contributed by atoms with Gasteiger partial charge in [-0.25, -0.2) is 0 Å². The molecule has 1 unspecified atom stereocenters. The maximum absolute atomic E-state index is 12.4. The Hall–Kier alpha value is -2.18. The van der Waals surface area contributed by atoms with E-state index in [0.717, 1.165) is 0 Å². The highest BCUT2D eigenvalue weighted by Gasteiger charge is 2.26. The lowest BCUT2D eigenvalue weighted by molar-refractivity contribution is 0.0142. The van der Waals surface area contributed by atoms with Crippen molar-refractivity contribution < 1.29 is 14.7 Å². The van der Waals surface area contributed by atoms with Gasteiger partial charge in [-0.1, -0.05) is 26.0 Å². The van der Waals surface area contributed by atoms with E-state index in [-0.39, 0.29) is 24.3 Å². The summed E-state index contributed by atoms with van der Waals surface area (Å²) >= 11 is 1.43. The number of carbonyl (C=O) groups excluding carboxylic acids is 2. The summed E-state index contributed by atoms with van der Waals surface area (Å²) in [6, 6.07) is 8.53. The molecule has 1 aromatic heterocycles. The minimum absolute atomic E-state index is 0.00587. The molecule has 0 saturated carbocycles. The normalized spacial score (nSPS) is 13.4. The zero-order valence-electron chi connectivity index (χ0n) is 14.0. The fraction of sp³-hybridized carbons (Fsp3) is 0.333. The van der Waals surface area contributed by atoms with Crippen molar-refractivity contribution >= 4 is 28.8 Å². The third-order valence-corrected chi connectivity index (χ3v) is 4.74. The molecular formula is C18H22N2O3S. The highest BCUT2D eigenvalue weighted by Crippen LogP contribution is 2.19. The van der Waals surface area contributed by atoms with Crippen LogP contribution in [0.1, 0.15) is 41.5 Å². The van der Waals surface area contributed by atoms with Crippen molar-refractivity contribution in [2.75, 3.05) is 11.9 Å². The van der Waals surface area contributed by atoms with E-state index in [1.54, 1.807) is 42.6 Å². The zero-order chi connectivity index (χ0) is 17.7. The molecule has 128 valence electrons. The average Bonchev–Trinajstić information content (AvgIpc) is 3.07. The molecule has 1 aromatic carbocycles. The molecule has 0 saturated heterocycles. The Morgan fingerprint density at radius 1 is 1.21 bits per heavy atom. The number of carbonyl (C=O) groups is 2. The van der Waals surface area contributed by atoms with Gasteiger partial charge in [-0.3, -0.25) is 9.59 Å². The van der Waals surface area contributed by atoms with Crippen LogP contribution in [-0.4, -0.2) is 29.1 Å². The number of nitrogens with one attached hydrogen (secondary N) is 2. The van der Waals surface area contributed by atoms with Gasteiger partial charge in [0.15, 0.2) is 0 Å². The third-order valence-electron chi connectivity index (χ3n) is 4.05. The zero-order valence-corrected chi connectivity index (χ0v) is 14.8. The summed E-state index contributed by atoms with van der Waals surface area (Å²) in [7, 11) is 0. The predicted octanol–water partition coefficient (Wildman–Crippen LogP) is 3.14. The van der Waals surface area contributed by atoms with Crippen molar-refractivity contribution in [2.45, 2.75) is 26.4 Å². The van der Waals surface area contributed by atoms with Crippen molar-refractivity contribution in [1.82, 2.24) is 5.32 Å². The quantitative estimate of drug-likeness (QED) is 0.752. The van der Waals surface area contributed by atoms with Crippen LogP contribution < -0.4 is 10.6 Å². The molecule has 0 aliphatic rings. The van der Waals surface area contributed by atoms with Crippen molar-refractivity contribution in [3.8, 4) is 0 Å². The lowest BCUT2D eigenvalue weighted by atomic mass is 9.92. The van der Waals surface area contributed by atoms with Gasteiger partial charge in [0.2, 0.25) is 0 Å². The van der Waals surface area contributed by atoms with E-state index in [2.05, 4.69) is 10.6 Å². The highest BCUT2D eigenvalue weighted by molar-refractivity contribution is 7.08. The lowest BCUT2D eigenvalue weighted by Gasteiger charge is -2.28. The second-order valence-corrected chi connectivity index (χ2v) is 6.99. The Morgan fingerprint density at radius 3 is 2.54 bits per heavy atom. The molecule has 1 atom stereocenters. The van der Waals surface area contributed by atoms with E-state index in [4.69, 9.17) is 0 Å². The van der Waals surface area contributed by atoms with E-state index >= 15 is 0 Å². The maximum Gasteiger partial charge on any atom is 0.256 e. The van der Waals surface area contributed by atoms with Crippen molar-refractivity contribution in [1.29, 1.82) is 0 Å². The molecule has 6 heteroatoms. The molecule has 0 aliphatic heterocycles. The number of benzene rings is 1. The summed E-state index contributed by atoms with van der Waals surface area (Å²) in [6.07, 6.45) is 0. The highest BCUT2D eigenvalue weighted by atomic mass is 32.1. The van der Waals surface area contributed by atoms with Gasteiger partial charge in [0.1, 0.15) is 0 Å². The van der Waals surface area contributed by atoms with Gasteiger partial charge in [0.05, 0.1) is 22.4 Å². The molecule has 0 bridgehead atoms.